The van der Waals surface area contributed by atoms with Crippen LogP contribution in [0.1, 0.15) is 69.1 Å². The highest BCUT2D eigenvalue weighted by atomic mass is 32.2. The highest BCUT2D eigenvalue weighted by molar-refractivity contribution is 7.98. The topological polar surface area (TPSA) is 64.9 Å². The van der Waals surface area contributed by atoms with Crippen LogP contribution in [0.25, 0.3) is 0 Å². The minimum Gasteiger partial charge on any atom is -0.338 e. The molecule has 1 heterocycles. The normalized spacial score (nSPS) is 25.4. The summed E-state index contributed by atoms with van der Waals surface area (Å²) in [6, 6.07) is -0.110. The average Bonchev–Trinajstić information content (AvgIpc) is 2.94. The van der Waals surface area contributed by atoms with E-state index >= 15 is 0 Å². The Bertz CT molecular complexity index is 375. The van der Waals surface area contributed by atoms with E-state index in [1.165, 1.54) is 32.1 Å². The van der Waals surface area contributed by atoms with Gasteiger partial charge in [0, 0.05) is 5.92 Å². The zero-order chi connectivity index (χ0) is 13.7. The largest absolute Gasteiger partial charge is 0.338 e. The van der Waals surface area contributed by atoms with Crippen molar-refractivity contribution in [2.24, 2.45) is 11.7 Å². The summed E-state index contributed by atoms with van der Waals surface area (Å²) in [4.78, 5) is 4.53. The smallest absolute Gasteiger partial charge is 0.243 e. The lowest BCUT2D eigenvalue weighted by molar-refractivity contribution is 0.301. The minimum atomic E-state index is -0.110. The molecule has 0 amide bonds. The van der Waals surface area contributed by atoms with E-state index in [4.69, 9.17) is 10.3 Å². The molecule has 0 saturated heterocycles. The van der Waals surface area contributed by atoms with Gasteiger partial charge >= 0.3 is 0 Å². The van der Waals surface area contributed by atoms with Crippen molar-refractivity contribution in [3.63, 3.8) is 0 Å². The van der Waals surface area contributed by atoms with Crippen molar-refractivity contribution in [1.82, 2.24) is 10.1 Å². The summed E-state index contributed by atoms with van der Waals surface area (Å²) >= 11 is 1.79. The number of nitrogens with zero attached hydrogens (tertiary/aromatic N) is 2. The third-order valence-corrected chi connectivity index (χ3v) is 4.84. The van der Waals surface area contributed by atoms with Gasteiger partial charge in [0.25, 0.3) is 0 Å². The Morgan fingerprint density at radius 3 is 2.74 bits per heavy atom. The van der Waals surface area contributed by atoms with Gasteiger partial charge in [-0.15, -0.1) is 0 Å². The van der Waals surface area contributed by atoms with Gasteiger partial charge < -0.3 is 10.3 Å². The Balaban J connectivity index is 1.90. The van der Waals surface area contributed by atoms with Crippen molar-refractivity contribution in [3.05, 3.63) is 11.7 Å². The SMILES string of the molecule is CCC1CCC(c2noc([C@@H](N)CCSC)n2)CC1. The van der Waals surface area contributed by atoms with Gasteiger partial charge in [-0.3, -0.25) is 0 Å². The van der Waals surface area contributed by atoms with Crippen molar-refractivity contribution in [1.29, 1.82) is 0 Å². The second-order valence-corrected chi connectivity index (χ2v) is 6.49. The van der Waals surface area contributed by atoms with Gasteiger partial charge in [0.1, 0.15) is 0 Å². The predicted molar refractivity (Wildman–Crippen MR) is 79.2 cm³/mol. The van der Waals surface area contributed by atoms with Gasteiger partial charge in [0.2, 0.25) is 5.89 Å². The van der Waals surface area contributed by atoms with Crippen LogP contribution in [-0.2, 0) is 0 Å². The van der Waals surface area contributed by atoms with Crippen LogP contribution in [0, 0.1) is 5.92 Å². The number of aromatic nitrogens is 2. The monoisotopic (exact) mass is 283 g/mol. The summed E-state index contributed by atoms with van der Waals surface area (Å²) in [5, 5.41) is 4.15. The Morgan fingerprint density at radius 1 is 1.37 bits per heavy atom. The molecule has 2 rings (SSSR count). The number of hydrogen-bond donors (Lipinski definition) is 1. The number of thioether (sulfide) groups is 1. The molecule has 1 aliphatic rings. The Hall–Kier alpha value is -0.550. The van der Waals surface area contributed by atoms with Gasteiger partial charge in [-0.05, 0) is 50.0 Å². The third kappa shape index (κ3) is 3.96. The average molecular weight is 283 g/mol. The maximum atomic E-state index is 6.06. The number of rotatable bonds is 6. The predicted octanol–water partition coefficient (Wildman–Crippen LogP) is 3.51. The van der Waals surface area contributed by atoms with E-state index in [2.05, 4.69) is 23.3 Å². The summed E-state index contributed by atoms with van der Waals surface area (Å²) in [6.07, 6.45) is 9.25. The van der Waals surface area contributed by atoms with Gasteiger partial charge in [-0.25, -0.2) is 0 Å². The molecule has 1 aromatic heterocycles. The maximum Gasteiger partial charge on any atom is 0.243 e. The first-order chi connectivity index (χ1) is 9.24. The van der Waals surface area contributed by atoms with Crippen molar-refractivity contribution < 1.29 is 4.52 Å². The Kier molecular flexibility index (Phi) is 5.70. The first kappa shape index (κ1) is 14.9. The highest BCUT2D eigenvalue weighted by Crippen LogP contribution is 2.35. The van der Waals surface area contributed by atoms with E-state index in [0.717, 1.165) is 23.9 Å². The zero-order valence-corrected chi connectivity index (χ0v) is 12.8. The number of nitrogens with two attached hydrogens (primary N) is 1. The van der Waals surface area contributed by atoms with Gasteiger partial charge in [0.15, 0.2) is 5.82 Å². The molecule has 4 nitrogen and oxygen atoms in total. The van der Waals surface area contributed by atoms with Crippen molar-refractivity contribution >= 4 is 11.8 Å². The molecule has 1 aliphatic carbocycles. The molecule has 0 radical (unpaired) electrons. The van der Waals surface area contributed by atoms with Crippen LogP contribution in [0.4, 0.5) is 0 Å². The second kappa shape index (κ2) is 7.29. The van der Waals surface area contributed by atoms with Crippen LogP contribution >= 0.6 is 11.8 Å². The first-order valence-corrected chi connectivity index (χ1v) is 8.72. The molecule has 0 spiro atoms. The molecule has 0 bridgehead atoms. The van der Waals surface area contributed by atoms with Gasteiger partial charge in [-0.2, -0.15) is 16.7 Å². The zero-order valence-electron chi connectivity index (χ0n) is 12.0. The van der Waals surface area contributed by atoms with Gasteiger partial charge in [-0.1, -0.05) is 18.5 Å². The lowest BCUT2D eigenvalue weighted by atomic mass is 9.80. The summed E-state index contributed by atoms with van der Waals surface area (Å²) in [7, 11) is 0. The summed E-state index contributed by atoms with van der Waals surface area (Å²) in [5.41, 5.74) is 6.06. The molecule has 108 valence electrons. The van der Waals surface area contributed by atoms with Crippen LogP contribution in [0.5, 0.6) is 0 Å². The van der Waals surface area contributed by atoms with E-state index in [0.29, 0.717) is 11.8 Å². The fourth-order valence-corrected chi connectivity index (χ4v) is 3.25. The van der Waals surface area contributed by atoms with E-state index in [9.17, 15) is 0 Å². The fraction of sp³-hybridized carbons (Fsp3) is 0.857. The van der Waals surface area contributed by atoms with Crippen LogP contribution < -0.4 is 5.73 Å². The van der Waals surface area contributed by atoms with Gasteiger partial charge in [0.05, 0.1) is 6.04 Å². The molecule has 1 aromatic rings. The summed E-state index contributed by atoms with van der Waals surface area (Å²) in [6.45, 7) is 2.28. The molecule has 1 saturated carbocycles. The maximum absolute atomic E-state index is 6.06. The molecule has 19 heavy (non-hydrogen) atoms. The molecular formula is C14H25N3OS. The Morgan fingerprint density at radius 2 is 2.11 bits per heavy atom. The molecule has 1 atom stereocenters. The molecule has 0 aliphatic heterocycles. The van der Waals surface area contributed by atoms with E-state index in [1.807, 2.05) is 0 Å². The number of hydrogen-bond acceptors (Lipinski definition) is 5. The lowest BCUT2D eigenvalue weighted by Gasteiger charge is -2.25. The van der Waals surface area contributed by atoms with Crippen LogP contribution in [0.3, 0.4) is 0 Å². The molecule has 2 N–H and O–H groups in total. The fourth-order valence-electron chi connectivity index (χ4n) is 2.76. The molecular weight excluding hydrogens is 258 g/mol. The second-order valence-electron chi connectivity index (χ2n) is 5.50. The molecule has 1 fully saturated rings. The van der Waals surface area contributed by atoms with Crippen molar-refractivity contribution in [2.75, 3.05) is 12.0 Å². The van der Waals surface area contributed by atoms with Crippen LogP contribution in [0.2, 0.25) is 0 Å². The van der Waals surface area contributed by atoms with E-state index in [1.54, 1.807) is 11.8 Å². The summed E-state index contributed by atoms with van der Waals surface area (Å²) < 4.78 is 5.33. The minimum absolute atomic E-state index is 0.110. The Labute approximate surface area is 119 Å². The van der Waals surface area contributed by atoms with Crippen LogP contribution in [0.15, 0.2) is 4.52 Å². The quantitative estimate of drug-likeness (QED) is 0.865. The summed E-state index contributed by atoms with van der Waals surface area (Å²) in [5.74, 6) is 3.89. The van der Waals surface area contributed by atoms with E-state index < -0.39 is 0 Å². The van der Waals surface area contributed by atoms with Crippen molar-refractivity contribution in [2.45, 2.75) is 57.4 Å². The standard InChI is InChI=1S/C14H25N3OS/c1-3-10-4-6-11(7-5-10)13-16-14(18-17-13)12(15)8-9-19-2/h10-12H,3-9,15H2,1-2H3/t10?,11?,12-/m0/s1. The molecule has 0 unspecified atom stereocenters. The van der Waals surface area contributed by atoms with Crippen molar-refractivity contribution in [3.8, 4) is 0 Å². The molecule has 5 heteroatoms. The van der Waals surface area contributed by atoms with E-state index in [-0.39, 0.29) is 6.04 Å². The highest BCUT2D eigenvalue weighted by Gasteiger charge is 2.26. The molecule has 0 aromatic carbocycles. The third-order valence-electron chi connectivity index (χ3n) is 4.20. The van der Waals surface area contributed by atoms with Crippen LogP contribution in [-0.4, -0.2) is 22.1 Å². The lowest BCUT2D eigenvalue weighted by Crippen LogP contribution is -2.14. The first-order valence-electron chi connectivity index (χ1n) is 7.32.